The Morgan fingerprint density at radius 3 is 2.76 bits per heavy atom. The minimum atomic E-state index is -0.187. The number of ether oxygens (including phenoxy) is 1. The lowest BCUT2D eigenvalue weighted by molar-refractivity contribution is -0.149. The molecule has 0 saturated carbocycles. The van der Waals surface area contributed by atoms with Gasteiger partial charge in [0.15, 0.2) is 0 Å². The maximum absolute atomic E-state index is 12.6. The van der Waals surface area contributed by atoms with Crippen molar-refractivity contribution in [1.82, 2.24) is 4.90 Å². The highest BCUT2D eigenvalue weighted by Crippen LogP contribution is 2.21. The Morgan fingerprint density at radius 1 is 1.33 bits per heavy atom. The Morgan fingerprint density at radius 2 is 2.10 bits per heavy atom. The van der Waals surface area contributed by atoms with Crippen LogP contribution in [0.25, 0.3) is 0 Å². The highest BCUT2D eigenvalue weighted by molar-refractivity contribution is 5.96. The Balaban J connectivity index is 2.10. The topological polar surface area (TPSA) is 46.6 Å². The molecule has 0 N–H and O–H groups in total. The second-order valence-corrected chi connectivity index (χ2v) is 5.66. The summed E-state index contributed by atoms with van der Waals surface area (Å²) in [5.41, 5.74) is 2.86. The molecule has 1 aliphatic heterocycles. The molecule has 4 nitrogen and oxygen atoms in total. The van der Waals surface area contributed by atoms with Crippen LogP contribution in [-0.4, -0.2) is 36.5 Å². The van der Waals surface area contributed by atoms with Crippen molar-refractivity contribution in [1.29, 1.82) is 0 Å². The summed E-state index contributed by atoms with van der Waals surface area (Å²) in [6, 6.07) is 5.84. The first kappa shape index (κ1) is 15.5. The van der Waals surface area contributed by atoms with Gasteiger partial charge >= 0.3 is 5.97 Å². The van der Waals surface area contributed by atoms with Crippen LogP contribution in [0, 0.1) is 19.8 Å². The number of aryl methyl sites for hydroxylation is 2. The first-order valence-corrected chi connectivity index (χ1v) is 7.56. The molecule has 2 rings (SSSR count). The quantitative estimate of drug-likeness (QED) is 0.804. The Hall–Kier alpha value is -1.84. The summed E-state index contributed by atoms with van der Waals surface area (Å²) in [7, 11) is 0. The van der Waals surface area contributed by atoms with Crippen molar-refractivity contribution in [2.24, 2.45) is 5.92 Å². The molecule has 1 amide bonds. The summed E-state index contributed by atoms with van der Waals surface area (Å²) in [5, 5.41) is 0. The van der Waals surface area contributed by atoms with E-state index in [0.29, 0.717) is 19.7 Å². The number of hydrogen-bond donors (Lipinski definition) is 0. The number of amides is 1. The van der Waals surface area contributed by atoms with Gasteiger partial charge in [0.1, 0.15) is 0 Å². The van der Waals surface area contributed by atoms with E-state index >= 15 is 0 Å². The van der Waals surface area contributed by atoms with Crippen LogP contribution < -0.4 is 0 Å². The molecular weight excluding hydrogens is 266 g/mol. The fourth-order valence-electron chi connectivity index (χ4n) is 2.84. The number of carbonyl (C=O) groups is 2. The number of piperidine rings is 1. The van der Waals surface area contributed by atoms with Gasteiger partial charge in [-0.2, -0.15) is 0 Å². The Bertz CT molecular complexity index is 539. The van der Waals surface area contributed by atoms with Gasteiger partial charge in [-0.05, 0) is 45.2 Å². The van der Waals surface area contributed by atoms with E-state index in [1.54, 1.807) is 11.8 Å². The normalized spacial score (nSPS) is 18.4. The van der Waals surface area contributed by atoms with E-state index in [0.717, 1.165) is 29.5 Å². The van der Waals surface area contributed by atoms with Crippen molar-refractivity contribution >= 4 is 11.9 Å². The molecule has 1 aliphatic rings. The molecule has 1 aromatic carbocycles. The standard InChI is InChI=1S/C17H23NO3/c1-4-21-17(20)14-6-5-9-18(11-14)16(19)15-8-7-12(2)10-13(15)3/h7-8,10,14H,4-6,9,11H2,1-3H3. The number of benzene rings is 1. The molecule has 1 atom stereocenters. The van der Waals surface area contributed by atoms with Gasteiger partial charge in [-0.3, -0.25) is 9.59 Å². The number of nitrogens with zero attached hydrogens (tertiary/aromatic N) is 1. The minimum Gasteiger partial charge on any atom is -0.466 e. The molecule has 0 aromatic heterocycles. The SMILES string of the molecule is CCOC(=O)C1CCCN(C(=O)c2ccc(C)cc2C)C1. The van der Waals surface area contributed by atoms with E-state index in [2.05, 4.69) is 0 Å². The number of hydrogen-bond acceptors (Lipinski definition) is 3. The first-order chi connectivity index (χ1) is 10.0. The van der Waals surface area contributed by atoms with Crippen molar-refractivity contribution in [3.63, 3.8) is 0 Å². The molecule has 4 heteroatoms. The molecule has 0 radical (unpaired) electrons. The van der Waals surface area contributed by atoms with Gasteiger partial charge in [-0.25, -0.2) is 0 Å². The second-order valence-electron chi connectivity index (χ2n) is 5.66. The number of rotatable bonds is 3. The third kappa shape index (κ3) is 3.63. The maximum Gasteiger partial charge on any atom is 0.310 e. The third-order valence-electron chi connectivity index (χ3n) is 3.94. The molecule has 0 spiro atoms. The zero-order chi connectivity index (χ0) is 15.4. The third-order valence-corrected chi connectivity index (χ3v) is 3.94. The molecule has 21 heavy (non-hydrogen) atoms. The molecule has 1 unspecified atom stereocenters. The van der Waals surface area contributed by atoms with Gasteiger partial charge in [0.2, 0.25) is 0 Å². The fraction of sp³-hybridized carbons (Fsp3) is 0.529. The lowest BCUT2D eigenvalue weighted by atomic mass is 9.96. The first-order valence-electron chi connectivity index (χ1n) is 7.56. The van der Waals surface area contributed by atoms with Crippen LogP contribution in [0.5, 0.6) is 0 Å². The highest BCUT2D eigenvalue weighted by Gasteiger charge is 2.30. The summed E-state index contributed by atoms with van der Waals surface area (Å²) in [5.74, 6) is -0.356. The van der Waals surface area contributed by atoms with Gasteiger partial charge in [-0.15, -0.1) is 0 Å². The van der Waals surface area contributed by atoms with Crippen LogP contribution in [0.15, 0.2) is 18.2 Å². The summed E-state index contributed by atoms with van der Waals surface area (Å²) < 4.78 is 5.08. The lowest BCUT2D eigenvalue weighted by Gasteiger charge is -2.32. The predicted molar refractivity (Wildman–Crippen MR) is 81.2 cm³/mol. The van der Waals surface area contributed by atoms with Crippen molar-refractivity contribution in [3.8, 4) is 0 Å². The van der Waals surface area contributed by atoms with Gasteiger partial charge in [0.05, 0.1) is 12.5 Å². The van der Waals surface area contributed by atoms with Crippen molar-refractivity contribution in [3.05, 3.63) is 34.9 Å². The smallest absolute Gasteiger partial charge is 0.310 e. The lowest BCUT2D eigenvalue weighted by Crippen LogP contribution is -2.43. The minimum absolute atomic E-state index is 0.0153. The largest absolute Gasteiger partial charge is 0.466 e. The summed E-state index contributed by atoms with van der Waals surface area (Å²) >= 11 is 0. The Labute approximate surface area is 126 Å². The van der Waals surface area contributed by atoms with Crippen LogP contribution in [0.4, 0.5) is 0 Å². The predicted octanol–water partition coefficient (Wildman–Crippen LogP) is 2.72. The van der Waals surface area contributed by atoms with Gasteiger partial charge in [0.25, 0.3) is 5.91 Å². The maximum atomic E-state index is 12.6. The van der Waals surface area contributed by atoms with Crippen LogP contribution in [0.1, 0.15) is 41.3 Å². The van der Waals surface area contributed by atoms with E-state index in [1.807, 2.05) is 32.0 Å². The molecule has 114 valence electrons. The molecule has 1 saturated heterocycles. The Kier molecular flexibility index (Phi) is 4.99. The number of carbonyl (C=O) groups excluding carboxylic acids is 2. The zero-order valence-electron chi connectivity index (χ0n) is 13.0. The van der Waals surface area contributed by atoms with Crippen LogP contribution in [-0.2, 0) is 9.53 Å². The highest BCUT2D eigenvalue weighted by atomic mass is 16.5. The van der Waals surface area contributed by atoms with Crippen molar-refractivity contribution < 1.29 is 14.3 Å². The van der Waals surface area contributed by atoms with Gasteiger partial charge < -0.3 is 9.64 Å². The van der Waals surface area contributed by atoms with E-state index in [-0.39, 0.29) is 17.8 Å². The van der Waals surface area contributed by atoms with E-state index in [9.17, 15) is 9.59 Å². The summed E-state index contributed by atoms with van der Waals surface area (Å²) in [6.07, 6.45) is 1.65. The van der Waals surface area contributed by atoms with E-state index < -0.39 is 0 Å². The second kappa shape index (κ2) is 6.74. The van der Waals surface area contributed by atoms with Gasteiger partial charge in [-0.1, -0.05) is 17.7 Å². The molecule has 1 fully saturated rings. The van der Waals surface area contributed by atoms with Crippen LogP contribution in [0.3, 0.4) is 0 Å². The number of esters is 1. The number of likely N-dealkylation sites (tertiary alicyclic amines) is 1. The molecule has 0 bridgehead atoms. The summed E-state index contributed by atoms with van der Waals surface area (Å²) in [4.78, 5) is 26.3. The molecule has 1 heterocycles. The van der Waals surface area contributed by atoms with Crippen LogP contribution >= 0.6 is 0 Å². The molecule has 1 aromatic rings. The fourth-order valence-corrected chi connectivity index (χ4v) is 2.84. The summed E-state index contributed by atoms with van der Waals surface area (Å²) in [6.45, 7) is 7.33. The average Bonchev–Trinajstić information content (AvgIpc) is 2.47. The van der Waals surface area contributed by atoms with Gasteiger partial charge in [0, 0.05) is 18.7 Å². The van der Waals surface area contributed by atoms with E-state index in [1.165, 1.54) is 0 Å². The molecule has 0 aliphatic carbocycles. The average molecular weight is 289 g/mol. The van der Waals surface area contributed by atoms with E-state index in [4.69, 9.17) is 4.74 Å². The monoisotopic (exact) mass is 289 g/mol. The van der Waals surface area contributed by atoms with Crippen molar-refractivity contribution in [2.45, 2.75) is 33.6 Å². The zero-order valence-corrected chi connectivity index (χ0v) is 13.0. The van der Waals surface area contributed by atoms with Crippen molar-refractivity contribution in [2.75, 3.05) is 19.7 Å². The van der Waals surface area contributed by atoms with Crippen LogP contribution in [0.2, 0.25) is 0 Å². The molecular formula is C17H23NO3.